The molecule has 4 aliphatic carbocycles. The first-order valence-corrected chi connectivity index (χ1v) is 54.6. The second-order valence-corrected chi connectivity index (χ2v) is 46.7. The van der Waals surface area contributed by atoms with E-state index < -0.39 is 135 Å². The average Bonchev–Trinajstić information content (AvgIpc) is 1.64. The number of rotatable bonds is 25. The maximum Gasteiger partial charge on any atom is 0.408 e. The lowest BCUT2D eigenvalue weighted by atomic mass is 9.47. The second-order valence-electron chi connectivity index (χ2n) is 41.3. The summed E-state index contributed by atoms with van der Waals surface area (Å²) in [6.45, 7) is 15.9. The molecule has 6 aliphatic heterocycles. The number of fused-ring (bicyclic) bond motifs is 11. The molecule has 12 aromatic rings. The first-order valence-electron chi connectivity index (χ1n) is 48.5. The Morgan fingerprint density at radius 2 is 1.02 bits per heavy atom. The number of H-pyrrole nitrogens is 3. The fraction of sp³-hybridized carbons (Fsp3) is 0.490. The van der Waals surface area contributed by atoms with E-state index in [2.05, 4.69) is 180 Å². The molecule has 3 saturated carbocycles. The van der Waals surface area contributed by atoms with Crippen molar-refractivity contribution in [2.24, 2.45) is 46.3 Å². The summed E-state index contributed by atoms with van der Waals surface area (Å²) in [6.07, 6.45) is 11.5. The number of hydrogen-bond acceptors (Lipinski definition) is 25. The van der Waals surface area contributed by atoms with E-state index in [4.69, 9.17) is 60.9 Å². The third kappa shape index (κ3) is 18.7. The molecule has 9 fully saturated rings. The molecule has 6 bridgehead atoms. The van der Waals surface area contributed by atoms with Crippen LogP contribution in [-0.2, 0) is 81.2 Å². The van der Waals surface area contributed by atoms with Crippen molar-refractivity contribution in [1.29, 1.82) is 0 Å². The number of benzene rings is 8. The highest BCUT2D eigenvalue weighted by Crippen LogP contribution is 2.68. The van der Waals surface area contributed by atoms with Crippen LogP contribution in [0.3, 0.4) is 0 Å². The molecule has 0 spiro atoms. The van der Waals surface area contributed by atoms with Crippen molar-refractivity contribution in [3.05, 3.63) is 230 Å². The number of nitrogens with zero attached hydrogens (tertiary/aromatic N) is 6. The summed E-state index contributed by atoms with van der Waals surface area (Å²) in [5.74, 6) is 16.2. The van der Waals surface area contributed by atoms with E-state index in [1.165, 1.54) is 121 Å². The van der Waals surface area contributed by atoms with Gasteiger partial charge < -0.3 is 67.4 Å². The van der Waals surface area contributed by atoms with Crippen molar-refractivity contribution in [2.75, 3.05) is 87.5 Å². The molecule has 7 N–H and O–H groups in total. The fourth-order valence-electron chi connectivity index (χ4n) is 25.2. The second kappa shape index (κ2) is 38.6. The summed E-state index contributed by atoms with van der Waals surface area (Å²) in [7, 11) is -7.49. The monoisotopic (exact) mass is 2010 g/mol. The van der Waals surface area contributed by atoms with Gasteiger partial charge in [0.1, 0.15) is 76.4 Å². The van der Waals surface area contributed by atoms with E-state index >= 15 is 0 Å². The standard InChI is InChI=1S/C43H64N3O10P.C31H28N5O8P.C30H25N2O8P/c1-26(2)10-8-11-27(3)32-15-16-33-31-14-13-29-22-30(17-19-41(29,4)34(31)18-20-42(32,33)5)54-40(49)44-21-9-12-28-23-46(39(48)45-37(28)47)38-35-36(56-57(7,50)51)43(55-38,24-52-6)25-53-35;1-41-15-31-16-42-26(27(31)44-45(2,39)40)29(43-31)36-13-22(28(37)32-30(36)38)23-14-35(34-33-23)12-20-9-8-19-7-6-17-4-3-5-18-10-11-21(20)25(19)24(17)18;1-37-15-30-16-38-25(26(30)40-41(2,35)36)28(39-30)32-14-21(27(33)31-29(32)34)11-7-17-6-8-20-10-9-18-4-3-5-19-12-13-22(17)24(20)23(18)19/h13,23,26-27,30-36,38H,8,10-11,14-22,24-25H2,1-7H3,(H,44,49)(H,50,51)(H,45,47,48);3-11,13-14,26-27,29H,12,15-16H2,1-2H3,(H,39,40)(H,32,37,38);3-6,8-10,12-14,25-26,28H,15-16H2,1-2H3,(H,35,36)(H,31,33,34)/t27?,30-,31-,32+,33-,34-,35?,36+,38+,41-,42+,43-;26?,27-,29-,31+;25?,26-,28-,30+/m011/s1. The van der Waals surface area contributed by atoms with Gasteiger partial charge in [0.2, 0.25) is 0 Å². The predicted octanol–water partition coefficient (Wildman–Crippen LogP) is 13.1. The van der Waals surface area contributed by atoms with Gasteiger partial charge in [-0.3, -0.25) is 70.3 Å². The van der Waals surface area contributed by atoms with Gasteiger partial charge in [0.05, 0.1) is 64.5 Å². The minimum Gasteiger partial charge on any atom is -0.446 e. The van der Waals surface area contributed by atoms with Gasteiger partial charge in [-0.05, 0) is 168 Å². The van der Waals surface area contributed by atoms with E-state index in [0.29, 0.717) is 17.9 Å². The molecule has 754 valence electrons. The van der Waals surface area contributed by atoms with Crippen LogP contribution in [0, 0.1) is 70.0 Å². The third-order valence-electron chi connectivity index (χ3n) is 31.4. The number of hydrogen-bond donors (Lipinski definition) is 7. The highest BCUT2D eigenvalue weighted by molar-refractivity contribution is 7.52. The van der Waals surface area contributed by atoms with E-state index in [9.17, 15) is 61.9 Å². The Kier molecular flexibility index (Phi) is 26.9. The van der Waals surface area contributed by atoms with Crippen LogP contribution in [0.2, 0.25) is 0 Å². The van der Waals surface area contributed by atoms with Crippen LogP contribution in [0.15, 0.2) is 174 Å². The fourth-order valence-corrected chi connectivity index (χ4v) is 27.4. The van der Waals surface area contributed by atoms with Crippen LogP contribution in [0.5, 0.6) is 0 Å². The van der Waals surface area contributed by atoms with Gasteiger partial charge in [-0.2, -0.15) is 0 Å². The Morgan fingerprint density at radius 3 is 1.55 bits per heavy atom. The molecule has 22 rings (SSSR count). The Morgan fingerprint density at radius 1 is 0.545 bits per heavy atom. The minimum absolute atomic E-state index is 0.00406. The van der Waals surface area contributed by atoms with Gasteiger partial charge in [0, 0.05) is 71.9 Å². The Balaban J connectivity index is 0.000000133. The van der Waals surface area contributed by atoms with E-state index in [1.807, 2.05) is 24.3 Å². The number of alkyl carbamates (subject to hydrolysis) is 1. The largest absolute Gasteiger partial charge is 0.446 e. The summed E-state index contributed by atoms with van der Waals surface area (Å²) in [5.41, 5.74) is -3.76. The van der Waals surface area contributed by atoms with Gasteiger partial charge in [-0.1, -0.05) is 198 Å². The van der Waals surface area contributed by atoms with Gasteiger partial charge in [-0.15, -0.1) is 5.10 Å². The van der Waals surface area contributed by atoms with Gasteiger partial charge >= 0.3 is 45.9 Å². The van der Waals surface area contributed by atoms with Crippen molar-refractivity contribution in [3.63, 3.8) is 0 Å². The van der Waals surface area contributed by atoms with Crippen LogP contribution < -0.4 is 39.1 Å². The minimum atomic E-state index is -3.96. The maximum atomic E-state index is 13.0. The van der Waals surface area contributed by atoms with Crippen molar-refractivity contribution < 1.29 is 94.1 Å². The molecule has 8 aromatic carbocycles. The van der Waals surface area contributed by atoms with Crippen molar-refractivity contribution in [1.82, 2.24) is 49.0 Å². The topological polar surface area (TPSA) is 456 Å². The third-order valence-corrected chi connectivity index (χ3v) is 33.3. The molecule has 10 heterocycles. The van der Waals surface area contributed by atoms with Crippen LogP contribution in [0.25, 0.3) is 75.9 Å². The molecule has 7 unspecified atom stereocenters. The molecule has 36 nitrogen and oxygen atoms in total. The lowest BCUT2D eigenvalue weighted by Crippen LogP contribution is -2.51. The summed E-state index contributed by atoms with van der Waals surface area (Å²) in [6, 6.07) is 37.4. The van der Waals surface area contributed by atoms with Crippen LogP contribution in [-0.4, -0.2) is 211 Å². The first kappa shape index (κ1) is 99.6. The number of ether oxygens (including phenoxy) is 10. The zero-order chi connectivity index (χ0) is 101. The summed E-state index contributed by atoms with van der Waals surface area (Å²) < 4.78 is 116. The number of carbonyl (C=O) groups is 1. The quantitative estimate of drug-likeness (QED) is 0.0121. The van der Waals surface area contributed by atoms with E-state index in [1.54, 1.807) is 10.9 Å². The number of methoxy groups -OCH3 is 3. The number of allylic oxidation sites excluding steroid dienone is 1. The summed E-state index contributed by atoms with van der Waals surface area (Å²) in [4.78, 5) is 127. The first-order chi connectivity index (χ1) is 68.3. The SMILES string of the molecule is COC[C@@]12COC([C@H](n3cc(-c4cn(Cc5ccc6ccc7cccc8ccc5c6c78)nn4)c(=O)[nH]c3=O)O1)[C@H]2OP(C)(=O)O.COC[C@@]12COC([C@H](n3cc(C#CCNC(=O)O[C@H]4CC[C@@]5(C)C(=CC[C@H]6[C@@H]7CC[C@H](C(C)CCCC(C)C)[C@@]7(C)CC[C@@H]65)C4)c(=O)[nH]c3=O)O1)[C@H]2OP(C)(=O)O.COC[C@@]12COC([C@H](n3cc(C#Cc4ccc5ccc6cccc7ccc4c5c67)c(=O)[nH]c3=O)O1)[C@H]2OP(C)(=O)O. The smallest absolute Gasteiger partial charge is 0.408 e. The normalized spacial score (nSPS) is 30.1. The lowest BCUT2D eigenvalue weighted by molar-refractivity contribution is -0.190. The molecule has 1 amide bonds. The Labute approximate surface area is 821 Å². The van der Waals surface area contributed by atoms with Gasteiger partial charge in [0.25, 0.3) is 16.7 Å². The van der Waals surface area contributed by atoms with Gasteiger partial charge in [-0.25, -0.2) is 23.9 Å². The molecule has 10 aliphatic rings. The molecular formula is C104H117N10O26P3. The highest BCUT2D eigenvalue weighted by Gasteiger charge is 2.68. The van der Waals surface area contributed by atoms with Crippen LogP contribution in [0.4, 0.5) is 4.79 Å². The van der Waals surface area contributed by atoms with E-state index in [-0.39, 0.29) is 80.1 Å². The highest BCUT2D eigenvalue weighted by atomic mass is 31.2. The Bertz CT molecular complexity index is 7650. The molecule has 39 heteroatoms. The van der Waals surface area contributed by atoms with Crippen molar-refractivity contribution in [2.45, 2.75) is 190 Å². The zero-order valence-electron chi connectivity index (χ0n) is 81.2. The summed E-state index contributed by atoms with van der Waals surface area (Å²) >= 11 is 0. The predicted molar refractivity (Wildman–Crippen MR) is 532 cm³/mol. The van der Waals surface area contributed by atoms with Crippen LogP contribution >= 0.6 is 22.8 Å². The molecule has 23 atom stereocenters. The average molecular weight is 2020 g/mol. The van der Waals surface area contributed by atoms with Gasteiger partial charge in [0.15, 0.2) is 18.7 Å². The molecule has 0 radical (unpaired) electrons. The number of nitrogens with one attached hydrogen (secondary N) is 4. The van der Waals surface area contributed by atoms with Crippen molar-refractivity contribution in [3.8, 4) is 34.9 Å². The Hall–Kier alpha value is -10.8. The number of carbonyl (C=O) groups excluding carboxylic acids is 1. The van der Waals surface area contributed by atoms with Crippen LogP contribution in [0.1, 0.15) is 146 Å². The lowest BCUT2D eigenvalue weighted by Gasteiger charge is -2.58. The zero-order valence-corrected chi connectivity index (χ0v) is 83.9. The molecular weight excluding hydrogens is 1900 g/mol. The number of aromatic amines is 3. The summed E-state index contributed by atoms with van der Waals surface area (Å²) in [5, 5.41) is 24.8. The number of amides is 1. The molecule has 4 aromatic heterocycles. The maximum absolute atomic E-state index is 13.0. The van der Waals surface area contributed by atoms with E-state index in [0.717, 1.165) is 134 Å². The molecule has 6 saturated heterocycles. The number of aromatic nitrogens is 9. The van der Waals surface area contributed by atoms with Crippen molar-refractivity contribution >= 4 is 93.5 Å². The molecule has 143 heavy (non-hydrogen) atoms.